The number of nitrogens with zero attached hydrogens (tertiary/aromatic N) is 3. The van der Waals surface area contributed by atoms with E-state index in [9.17, 15) is 4.39 Å². The summed E-state index contributed by atoms with van der Waals surface area (Å²) in [6.45, 7) is 2.42. The first kappa shape index (κ1) is 20.5. The summed E-state index contributed by atoms with van der Waals surface area (Å²) in [7, 11) is 3.30. The molecule has 4 aromatic rings. The van der Waals surface area contributed by atoms with Crippen molar-refractivity contribution in [2.24, 2.45) is 0 Å². The van der Waals surface area contributed by atoms with Gasteiger partial charge in [-0.2, -0.15) is 5.10 Å². The number of anilines is 1. The lowest BCUT2D eigenvalue weighted by Gasteiger charge is -2.40. The third kappa shape index (κ3) is 3.80. The highest BCUT2D eigenvalue weighted by Crippen LogP contribution is 2.33. The number of rotatable bonds is 8. The van der Waals surface area contributed by atoms with E-state index in [-0.39, 0.29) is 12.4 Å². The van der Waals surface area contributed by atoms with E-state index in [0.717, 1.165) is 24.3 Å². The molecule has 0 aliphatic carbocycles. The maximum absolute atomic E-state index is 14.5. The molecule has 2 aromatic heterocycles. The zero-order valence-corrected chi connectivity index (χ0v) is 17.8. The van der Waals surface area contributed by atoms with Crippen LogP contribution in [0.3, 0.4) is 0 Å². The van der Waals surface area contributed by atoms with Crippen molar-refractivity contribution in [3.05, 3.63) is 48.3 Å². The van der Waals surface area contributed by atoms with Crippen molar-refractivity contribution < 1.29 is 23.1 Å². The Labute approximate surface area is 183 Å². The van der Waals surface area contributed by atoms with Gasteiger partial charge in [-0.3, -0.25) is 5.10 Å². The summed E-state index contributed by atoms with van der Waals surface area (Å²) in [5, 5.41) is 12.0. The van der Waals surface area contributed by atoms with E-state index < -0.39 is 5.82 Å². The number of nitrogens with one attached hydrogen (secondary N) is 1. The van der Waals surface area contributed by atoms with Gasteiger partial charge in [0.25, 0.3) is 0 Å². The highest BCUT2D eigenvalue weighted by molar-refractivity contribution is 5.92. The summed E-state index contributed by atoms with van der Waals surface area (Å²) >= 11 is 0. The van der Waals surface area contributed by atoms with Crippen molar-refractivity contribution in [3.8, 4) is 28.5 Å². The molecular weight excluding hydrogens is 415 g/mol. The molecule has 5 rings (SSSR count). The predicted octanol–water partition coefficient (Wildman–Crippen LogP) is 3.88. The molecule has 9 heteroatoms. The van der Waals surface area contributed by atoms with Crippen molar-refractivity contribution in [3.63, 3.8) is 0 Å². The van der Waals surface area contributed by atoms with Crippen LogP contribution in [0.5, 0.6) is 5.75 Å². The third-order valence-electron chi connectivity index (χ3n) is 5.61. The Balaban J connectivity index is 1.36. The highest BCUT2D eigenvalue weighted by Gasteiger charge is 2.26. The molecule has 0 radical (unpaired) electrons. The molecule has 166 valence electrons. The van der Waals surface area contributed by atoms with Crippen LogP contribution in [0.15, 0.2) is 47.0 Å². The van der Waals surface area contributed by atoms with Crippen molar-refractivity contribution in [1.82, 2.24) is 15.4 Å². The van der Waals surface area contributed by atoms with Crippen molar-refractivity contribution >= 4 is 16.6 Å². The summed E-state index contributed by atoms with van der Waals surface area (Å²) in [4.78, 5) is 2.25. The monoisotopic (exact) mass is 438 g/mol. The van der Waals surface area contributed by atoms with Gasteiger partial charge in [-0.05, 0) is 18.2 Å². The number of aromatic nitrogens is 3. The zero-order valence-electron chi connectivity index (χ0n) is 17.8. The fourth-order valence-electron chi connectivity index (χ4n) is 3.72. The number of H-pyrrole nitrogens is 1. The molecule has 0 amide bonds. The molecule has 3 heterocycles. The maximum Gasteiger partial charge on any atom is 0.188 e. The SMILES string of the molecule is COCCOc1cc2[nH]nc(-c3cc(-c4ccc(N5CC(OC)C5)cc4)no3)c2cc1F. The van der Waals surface area contributed by atoms with E-state index >= 15 is 0 Å². The van der Waals surface area contributed by atoms with Crippen LogP contribution in [0.1, 0.15) is 0 Å². The number of fused-ring (bicyclic) bond motifs is 1. The van der Waals surface area contributed by atoms with E-state index in [4.69, 9.17) is 18.7 Å². The molecule has 0 spiro atoms. The maximum atomic E-state index is 14.5. The summed E-state index contributed by atoms with van der Waals surface area (Å²) in [5.41, 5.74) is 3.88. The second-order valence-corrected chi connectivity index (χ2v) is 7.63. The lowest BCUT2D eigenvalue weighted by molar-refractivity contribution is 0.0788. The minimum atomic E-state index is -0.478. The van der Waals surface area contributed by atoms with Crippen LogP contribution in [-0.4, -0.2) is 62.0 Å². The van der Waals surface area contributed by atoms with Crippen LogP contribution in [0.2, 0.25) is 0 Å². The summed E-state index contributed by atoms with van der Waals surface area (Å²) in [6.07, 6.45) is 0.300. The largest absolute Gasteiger partial charge is 0.488 e. The van der Waals surface area contributed by atoms with E-state index in [0.29, 0.717) is 40.8 Å². The lowest BCUT2D eigenvalue weighted by Crippen LogP contribution is -2.51. The van der Waals surface area contributed by atoms with E-state index in [1.54, 1.807) is 26.4 Å². The normalized spacial score (nSPS) is 14.2. The average Bonchev–Trinajstić information content (AvgIpc) is 3.41. The molecule has 0 atom stereocenters. The minimum absolute atomic E-state index is 0.141. The van der Waals surface area contributed by atoms with Crippen molar-refractivity contribution in [2.45, 2.75) is 6.10 Å². The lowest BCUT2D eigenvalue weighted by atomic mass is 10.1. The van der Waals surface area contributed by atoms with Gasteiger partial charge in [-0.25, -0.2) is 4.39 Å². The van der Waals surface area contributed by atoms with E-state index in [1.165, 1.54) is 6.07 Å². The number of benzene rings is 2. The standard InChI is InChI=1S/C23H23FN4O4/c1-29-7-8-31-21-11-20-17(9-18(21)24)23(26-25-20)22-10-19(27-32-22)14-3-5-15(6-4-14)28-12-16(13-28)30-2/h3-6,9-11,16H,7-8,12-13H2,1-2H3,(H,25,26). The van der Waals surface area contributed by atoms with Crippen LogP contribution in [0.25, 0.3) is 33.6 Å². The zero-order chi connectivity index (χ0) is 22.1. The fourth-order valence-corrected chi connectivity index (χ4v) is 3.72. The Morgan fingerprint density at radius 1 is 1.12 bits per heavy atom. The Hall–Kier alpha value is -3.43. The molecule has 0 bridgehead atoms. The number of halogens is 1. The first-order chi connectivity index (χ1) is 15.7. The van der Waals surface area contributed by atoms with Gasteiger partial charge in [-0.15, -0.1) is 0 Å². The number of aromatic amines is 1. The molecule has 0 unspecified atom stereocenters. The summed E-state index contributed by atoms with van der Waals surface area (Å²) < 4.78 is 35.7. The van der Waals surface area contributed by atoms with Crippen LogP contribution < -0.4 is 9.64 Å². The fraction of sp³-hybridized carbons (Fsp3) is 0.304. The smallest absolute Gasteiger partial charge is 0.188 e. The van der Waals surface area contributed by atoms with Crippen LogP contribution >= 0.6 is 0 Å². The number of ether oxygens (including phenoxy) is 3. The predicted molar refractivity (Wildman–Crippen MR) is 117 cm³/mol. The first-order valence-corrected chi connectivity index (χ1v) is 10.3. The van der Waals surface area contributed by atoms with Gasteiger partial charge in [-0.1, -0.05) is 17.3 Å². The summed E-state index contributed by atoms with van der Waals surface area (Å²) in [6, 6.07) is 12.9. The second-order valence-electron chi connectivity index (χ2n) is 7.63. The molecule has 1 fully saturated rings. The highest BCUT2D eigenvalue weighted by atomic mass is 19.1. The summed E-state index contributed by atoms with van der Waals surface area (Å²) in [5.74, 6) is 0.115. The molecule has 2 aromatic carbocycles. The Kier molecular flexibility index (Phi) is 5.50. The van der Waals surface area contributed by atoms with E-state index in [2.05, 4.69) is 32.4 Å². The molecular formula is C23H23FN4O4. The van der Waals surface area contributed by atoms with Gasteiger partial charge in [0.15, 0.2) is 17.3 Å². The van der Waals surface area contributed by atoms with Crippen LogP contribution in [0.4, 0.5) is 10.1 Å². The molecule has 1 saturated heterocycles. The minimum Gasteiger partial charge on any atom is -0.488 e. The van der Waals surface area contributed by atoms with Gasteiger partial charge in [0.05, 0.1) is 18.2 Å². The van der Waals surface area contributed by atoms with Crippen molar-refractivity contribution in [2.75, 3.05) is 45.4 Å². The Morgan fingerprint density at radius 2 is 1.94 bits per heavy atom. The number of hydrogen-bond donors (Lipinski definition) is 1. The third-order valence-corrected chi connectivity index (χ3v) is 5.61. The Morgan fingerprint density at radius 3 is 2.69 bits per heavy atom. The van der Waals surface area contributed by atoms with Gasteiger partial charge >= 0.3 is 0 Å². The molecule has 0 saturated carbocycles. The molecule has 32 heavy (non-hydrogen) atoms. The first-order valence-electron chi connectivity index (χ1n) is 10.3. The number of methoxy groups -OCH3 is 2. The molecule has 1 N–H and O–H groups in total. The van der Waals surface area contributed by atoms with Crippen LogP contribution in [-0.2, 0) is 9.47 Å². The Bertz CT molecular complexity index is 1210. The number of hydrogen-bond acceptors (Lipinski definition) is 7. The van der Waals surface area contributed by atoms with Gasteiger partial charge < -0.3 is 23.6 Å². The van der Waals surface area contributed by atoms with Crippen LogP contribution in [0, 0.1) is 5.82 Å². The van der Waals surface area contributed by atoms with Gasteiger partial charge in [0.1, 0.15) is 18.0 Å². The van der Waals surface area contributed by atoms with Gasteiger partial charge in [0, 0.05) is 56.1 Å². The quantitative estimate of drug-likeness (QED) is 0.418. The van der Waals surface area contributed by atoms with E-state index in [1.807, 2.05) is 12.1 Å². The van der Waals surface area contributed by atoms with Gasteiger partial charge in [0.2, 0.25) is 0 Å². The molecule has 1 aliphatic rings. The second kappa shape index (κ2) is 8.60. The molecule has 8 nitrogen and oxygen atoms in total. The molecule has 1 aliphatic heterocycles. The topological polar surface area (TPSA) is 85.6 Å². The van der Waals surface area contributed by atoms with Crippen molar-refractivity contribution in [1.29, 1.82) is 0 Å². The average molecular weight is 438 g/mol.